The summed E-state index contributed by atoms with van der Waals surface area (Å²) in [5.74, 6) is -5.54. The molecule has 4 atom stereocenters. The second-order valence-electron chi connectivity index (χ2n) is 10.00. The van der Waals surface area contributed by atoms with Gasteiger partial charge in [0.05, 0.1) is 12.5 Å². The maximum Gasteiger partial charge on any atom is 0.326 e. The van der Waals surface area contributed by atoms with Crippen LogP contribution >= 0.6 is 0 Å². The number of carboxylic acid groups (broad SMARTS) is 1. The van der Waals surface area contributed by atoms with Crippen LogP contribution in [0.5, 0.6) is 0 Å². The number of benzene rings is 1. The molecule has 218 valence electrons. The molecule has 11 N–H and O–H groups in total. The van der Waals surface area contributed by atoms with E-state index in [-0.39, 0.29) is 31.6 Å². The van der Waals surface area contributed by atoms with Crippen molar-refractivity contribution in [3.05, 3.63) is 36.0 Å². The number of H-pyrrole nitrogens is 1. The number of aliphatic carboxylic acids is 1. The number of fused-ring (bicyclic) bond motifs is 1. The van der Waals surface area contributed by atoms with Gasteiger partial charge in [-0.05, 0) is 36.8 Å². The largest absolute Gasteiger partial charge is 0.480 e. The molecule has 0 saturated carbocycles. The van der Waals surface area contributed by atoms with Gasteiger partial charge in [-0.3, -0.25) is 24.0 Å². The minimum absolute atomic E-state index is 0.108. The topological polar surface area (TPSA) is 253 Å². The number of aromatic amines is 1. The first-order valence-corrected chi connectivity index (χ1v) is 12.8. The fraction of sp³-hybridized carbons (Fsp3) is 0.462. The maximum atomic E-state index is 13.2. The number of hydrogen-bond donors (Lipinski definition) is 8. The van der Waals surface area contributed by atoms with Gasteiger partial charge < -0.3 is 43.2 Å². The third kappa shape index (κ3) is 9.69. The molecule has 0 aliphatic heterocycles. The van der Waals surface area contributed by atoms with Crippen molar-refractivity contribution in [1.29, 1.82) is 0 Å². The van der Waals surface area contributed by atoms with Crippen molar-refractivity contribution < 1.29 is 33.9 Å². The molecule has 0 bridgehead atoms. The molecule has 0 fully saturated rings. The number of nitrogens with two attached hydrogens (primary N) is 3. The van der Waals surface area contributed by atoms with Gasteiger partial charge >= 0.3 is 5.97 Å². The van der Waals surface area contributed by atoms with E-state index in [4.69, 9.17) is 17.2 Å². The van der Waals surface area contributed by atoms with Crippen LogP contribution in [0.2, 0.25) is 0 Å². The summed E-state index contributed by atoms with van der Waals surface area (Å²) in [6, 6.07) is 2.37. The highest BCUT2D eigenvalue weighted by Crippen LogP contribution is 2.19. The lowest BCUT2D eigenvalue weighted by atomic mass is 10.0. The van der Waals surface area contributed by atoms with Gasteiger partial charge in [-0.2, -0.15) is 0 Å². The molecule has 0 spiro atoms. The predicted octanol–water partition coefficient (Wildman–Crippen LogP) is -1.24. The zero-order valence-corrected chi connectivity index (χ0v) is 22.4. The Morgan fingerprint density at radius 3 is 2.08 bits per heavy atom. The lowest BCUT2D eigenvalue weighted by Crippen LogP contribution is -2.57. The SMILES string of the molecule is CC(C)CC(NC(=O)C(CCC(N)=O)NC(=O)C(N)Cc1c[nH]c2ccccc12)C(=O)NC(CC(N)=O)C(=O)O. The quantitative estimate of drug-likeness (QED) is 0.123. The standard InChI is InChI=1S/C26H37N7O7/c1-13(2)9-19(25(38)33-20(26(39)40)11-22(29)35)32-24(37)18(7-8-21(28)34)31-23(36)16(27)10-14-12-30-17-6-4-3-5-15(14)17/h3-6,12-13,16,18-20,30H,7-11,27H2,1-2H3,(H2,28,34)(H2,29,35)(H,31,36)(H,32,37)(H,33,38)(H,39,40). The molecule has 2 rings (SSSR count). The highest BCUT2D eigenvalue weighted by Gasteiger charge is 2.31. The Balaban J connectivity index is 2.16. The molecular weight excluding hydrogens is 522 g/mol. The Kier molecular flexibility index (Phi) is 11.6. The Morgan fingerprint density at radius 2 is 1.48 bits per heavy atom. The monoisotopic (exact) mass is 559 g/mol. The number of amides is 5. The molecule has 2 aromatic rings. The Labute approximate surface area is 230 Å². The first-order valence-electron chi connectivity index (χ1n) is 12.8. The number of aromatic nitrogens is 1. The van der Waals surface area contributed by atoms with Crippen molar-refractivity contribution in [2.24, 2.45) is 23.1 Å². The van der Waals surface area contributed by atoms with E-state index in [9.17, 15) is 33.9 Å². The summed E-state index contributed by atoms with van der Waals surface area (Å²) in [5.41, 5.74) is 18.1. The first-order chi connectivity index (χ1) is 18.8. The lowest BCUT2D eigenvalue weighted by Gasteiger charge is -2.26. The summed E-state index contributed by atoms with van der Waals surface area (Å²) in [7, 11) is 0. The van der Waals surface area contributed by atoms with Crippen molar-refractivity contribution >= 4 is 46.4 Å². The molecule has 0 aliphatic carbocycles. The van der Waals surface area contributed by atoms with E-state index in [0.717, 1.165) is 16.5 Å². The molecule has 40 heavy (non-hydrogen) atoms. The second-order valence-corrected chi connectivity index (χ2v) is 10.00. The molecule has 1 heterocycles. The molecular formula is C26H37N7O7. The number of carboxylic acids is 1. The van der Waals surface area contributed by atoms with Gasteiger partial charge in [0.15, 0.2) is 0 Å². The molecule has 0 radical (unpaired) electrons. The highest BCUT2D eigenvalue weighted by molar-refractivity contribution is 5.95. The summed E-state index contributed by atoms with van der Waals surface area (Å²) in [6.07, 6.45) is 0.965. The number of carbonyl (C=O) groups is 6. The normalized spacial score (nSPS) is 14.1. The summed E-state index contributed by atoms with van der Waals surface area (Å²) in [5, 5.41) is 17.5. The van der Waals surface area contributed by atoms with E-state index < -0.39 is 66.1 Å². The number of nitrogens with one attached hydrogen (secondary N) is 4. The predicted molar refractivity (Wildman–Crippen MR) is 145 cm³/mol. The van der Waals surface area contributed by atoms with Gasteiger partial charge in [0.1, 0.15) is 18.1 Å². The van der Waals surface area contributed by atoms with E-state index in [1.165, 1.54) is 0 Å². The highest BCUT2D eigenvalue weighted by atomic mass is 16.4. The van der Waals surface area contributed by atoms with Crippen LogP contribution in [-0.2, 0) is 35.2 Å². The zero-order chi connectivity index (χ0) is 30.0. The minimum Gasteiger partial charge on any atom is -0.480 e. The van der Waals surface area contributed by atoms with Gasteiger partial charge in [0.25, 0.3) is 0 Å². The first kappa shape index (κ1) is 31.8. The molecule has 1 aromatic heterocycles. The van der Waals surface area contributed by atoms with Crippen molar-refractivity contribution in [2.45, 2.75) is 70.1 Å². The minimum atomic E-state index is -1.59. The number of para-hydroxylation sites is 1. The van der Waals surface area contributed by atoms with E-state index in [2.05, 4.69) is 20.9 Å². The second kappa shape index (κ2) is 14.6. The summed E-state index contributed by atoms with van der Waals surface area (Å²) in [4.78, 5) is 76.2. The summed E-state index contributed by atoms with van der Waals surface area (Å²) in [6.45, 7) is 3.56. The molecule has 4 unspecified atom stereocenters. The van der Waals surface area contributed by atoms with Crippen LogP contribution in [0.25, 0.3) is 10.9 Å². The van der Waals surface area contributed by atoms with Crippen LogP contribution < -0.4 is 33.2 Å². The number of primary amides is 2. The van der Waals surface area contributed by atoms with Crippen LogP contribution in [0.4, 0.5) is 0 Å². The Morgan fingerprint density at radius 1 is 0.875 bits per heavy atom. The number of hydrogen-bond acceptors (Lipinski definition) is 7. The molecule has 0 aliphatic rings. The van der Waals surface area contributed by atoms with Crippen LogP contribution in [-0.4, -0.2) is 69.8 Å². The Bertz CT molecular complexity index is 1240. The van der Waals surface area contributed by atoms with Crippen molar-refractivity contribution in [1.82, 2.24) is 20.9 Å². The summed E-state index contributed by atoms with van der Waals surface area (Å²) < 4.78 is 0. The third-order valence-corrected chi connectivity index (χ3v) is 6.12. The zero-order valence-electron chi connectivity index (χ0n) is 22.4. The van der Waals surface area contributed by atoms with Crippen molar-refractivity contribution in [3.8, 4) is 0 Å². The maximum absolute atomic E-state index is 13.2. The fourth-order valence-corrected chi connectivity index (χ4v) is 4.11. The van der Waals surface area contributed by atoms with Crippen LogP contribution in [0.3, 0.4) is 0 Å². The average molecular weight is 560 g/mol. The van der Waals surface area contributed by atoms with Crippen LogP contribution in [0.1, 0.15) is 45.1 Å². The smallest absolute Gasteiger partial charge is 0.326 e. The lowest BCUT2D eigenvalue weighted by molar-refractivity contribution is -0.143. The molecule has 0 saturated heterocycles. The average Bonchev–Trinajstić information content (AvgIpc) is 3.27. The van der Waals surface area contributed by atoms with E-state index in [1.54, 1.807) is 20.0 Å². The molecule has 14 heteroatoms. The Hall–Kier alpha value is -4.46. The van der Waals surface area contributed by atoms with Gasteiger partial charge in [0, 0.05) is 23.5 Å². The van der Waals surface area contributed by atoms with E-state index in [0.29, 0.717) is 0 Å². The number of rotatable bonds is 16. The van der Waals surface area contributed by atoms with Crippen molar-refractivity contribution in [2.75, 3.05) is 0 Å². The van der Waals surface area contributed by atoms with Gasteiger partial charge in [-0.1, -0.05) is 32.0 Å². The molecule has 1 aromatic carbocycles. The third-order valence-electron chi connectivity index (χ3n) is 6.12. The molecule has 14 nitrogen and oxygen atoms in total. The van der Waals surface area contributed by atoms with Crippen LogP contribution in [0.15, 0.2) is 30.5 Å². The van der Waals surface area contributed by atoms with Gasteiger partial charge in [-0.15, -0.1) is 0 Å². The van der Waals surface area contributed by atoms with Gasteiger partial charge in [0.2, 0.25) is 29.5 Å². The summed E-state index contributed by atoms with van der Waals surface area (Å²) >= 11 is 0. The van der Waals surface area contributed by atoms with Crippen molar-refractivity contribution in [3.63, 3.8) is 0 Å². The molecule has 5 amide bonds. The fourth-order valence-electron chi connectivity index (χ4n) is 4.11. The van der Waals surface area contributed by atoms with E-state index in [1.807, 2.05) is 24.3 Å². The van der Waals surface area contributed by atoms with E-state index >= 15 is 0 Å². The van der Waals surface area contributed by atoms with Crippen LogP contribution in [0, 0.1) is 5.92 Å². The van der Waals surface area contributed by atoms with Gasteiger partial charge in [-0.25, -0.2) is 4.79 Å². The number of carbonyl (C=O) groups excluding carboxylic acids is 5.